The second-order valence-electron chi connectivity index (χ2n) is 9.21. The van der Waals surface area contributed by atoms with Crippen molar-refractivity contribution in [2.45, 2.75) is 58.3 Å². The van der Waals surface area contributed by atoms with E-state index in [1.54, 1.807) is 33.9 Å². The summed E-state index contributed by atoms with van der Waals surface area (Å²) in [6.07, 6.45) is 1.67. The van der Waals surface area contributed by atoms with Gasteiger partial charge in [0.15, 0.2) is 0 Å². The molecule has 1 heterocycles. The highest BCUT2D eigenvalue weighted by molar-refractivity contribution is 5.94. The molecule has 0 fully saturated rings. The molecule has 2 rings (SSSR count). The van der Waals surface area contributed by atoms with Crippen molar-refractivity contribution in [2.75, 3.05) is 6.61 Å². The van der Waals surface area contributed by atoms with Crippen LogP contribution in [0.15, 0.2) is 30.5 Å². The van der Waals surface area contributed by atoms with Gasteiger partial charge in [-0.15, -0.1) is 0 Å². The third kappa shape index (κ3) is 7.27. The van der Waals surface area contributed by atoms with Gasteiger partial charge in [-0.05, 0) is 23.5 Å². The smallest absolute Gasteiger partial charge is 0.326 e. The fourth-order valence-corrected chi connectivity index (χ4v) is 3.54. The van der Waals surface area contributed by atoms with E-state index in [1.165, 1.54) is 0 Å². The third-order valence-electron chi connectivity index (χ3n) is 5.80. The SMILES string of the molecule is CC(C)C(N)C(=O)NC(C(=O)NC(CO)C(=O)NC(Cc1c[nH]c2ccccc12)C(=O)O)C(C)C. The zero-order chi connectivity index (χ0) is 26.3. The van der Waals surface area contributed by atoms with Crippen molar-refractivity contribution in [3.63, 3.8) is 0 Å². The normalized spacial score (nSPS) is 14.9. The number of rotatable bonds is 12. The minimum Gasteiger partial charge on any atom is -0.480 e. The molecular formula is C24H35N5O6. The summed E-state index contributed by atoms with van der Waals surface area (Å²) in [7, 11) is 0. The van der Waals surface area contributed by atoms with E-state index >= 15 is 0 Å². The molecule has 8 N–H and O–H groups in total. The van der Waals surface area contributed by atoms with Crippen LogP contribution in [0.2, 0.25) is 0 Å². The number of carboxylic acids is 1. The average Bonchev–Trinajstić information content (AvgIpc) is 3.21. The van der Waals surface area contributed by atoms with E-state index in [0.717, 1.165) is 10.9 Å². The van der Waals surface area contributed by atoms with Crippen molar-refractivity contribution in [1.29, 1.82) is 0 Å². The molecule has 11 heteroatoms. The zero-order valence-electron chi connectivity index (χ0n) is 20.4. The van der Waals surface area contributed by atoms with Crippen LogP contribution < -0.4 is 21.7 Å². The Bertz CT molecular complexity index is 1050. The number of benzene rings is 1. The quantitative estimate of drug-likeness (QED) is 0.216. The number of hydrogen-bond donors (Lipinski definition) is 7. The molecule has 1 aromatic carbocycles. The van der Waals surface area contributed by atoms with Gasteiger partial charge in [-0.3, -0.25) is 14.4 Å². The van der Waals surface area contributed by atoms with Crippen LogP contribution >= 0.6 is 0 Å². The van der Waals surface area contributed by atoms with Gasteiger partial charge in [-0.2, -0.15) is 0 Å². The van der Waals surface area contributed by atoms with Gasteiger partial charge in [0.1, 0.15) is 18.1 Å². The van der Waals surface area contributed by atoms with Crippen LogP contribution in [0.25, 0.3) is 10.9 Å². The van der Waals surface area contributed by atoms with Crippen molar-refractivity contribution >= 4 is 34.6 Å². The molecule has 0 bridgehead atoms. The first-order valence-electron chi connectivity index (χ1n) is 11.5. The minimum absolute atomic E-state index is 0.00501. The summed E-state index contributed by atoms with van der Waals surface area (Å²) in [6, 6.07) is 2.83. The molecule has 1 aromatic heterocycles. The Balaban J connectivity index is 2.09. The fraction of sp³-hybridized carbons (Fsp3) is 0.500. The van der Waals surface area contributed by atoms with Crippen LogP contribution in [-0.2, 0) is 25.6 Å². The Morgan fingerprint density at radius 1 is 0.914 bits per heavy atom. The van der Waals surface area contributed by atoms with Crippen molar-refractivity contribution in [2.24, 2.45) is 17.6 Å². The number of aliphatic carboxylic acids is 1. The summed E-state index contributed by atoms with van der Waals surface area (Å²) in [4.78, 5) is 52.8. The number of carbonyl (C=O) groups is 4. The molecule has 192 valence electrons. The van der Waals surface area contributed by atoms with Gasteiger partial charge >= 0.3 is 5.97 Å². The summed E-state index contributed by atoms with van der Waals surface area (Å²) >= 11 is 0. The number of hydrogen-bond acceptors (Lipinski definition) is 6. The molecule has 0 aliphatic rings. The topological polar surface area (TPSA) is 187 Å². The summed E-state index contributed by atoms with van der Waals surface area (Å²) in [5.41, 5.74) is 7.38. The molecule has 4 atom stereocenters. The molecule has 0 saturated carbocycles. The highest BCUT2D eigenvalue weighted by Gasteiger charge is 2.32. The summed E-state index contributed by atoms with van der Waals surface area (Å²) < 4.78 is 0. The number of fused-ring (bicyclic) bond motifs is 1. The number of nitrogens with one attached hydrogen (secondary N) is 4. The van der Waals surface area contributed by atoms with Gasteiger partial charge in [0, 0.05) is 23.5 Å². The van der Waals surface area contributed by atoms with Crippen LogP contribution in [0.1, 0.15) is 33.3 Å². The first-order valence-corrected chi connectivity index (χ1v) is 11.5. The molecule has 0 saturated heterocycles. The van der Waals surface area contributed by atoms with Crippen LogP contribution in [-0.4, -0.2) is 69.7 Å². The van der Waals surface area contributed by atoms with E-state index < -0.39 is 54.5 Å². The van der Waals surface area contributed by atoms with E-state index in [0.29, 0.717) is 5.56 Å². The largest absolute Gasteiger partial charge is 0.480 e. The molecule has 35 heavy (non-hydrogen) atoms. The second-order valence-corrected chi connectivity index (χ2v) is 9.21. The maximum absolute atomic E-state index is 12.8. The van der Waals surface area contributed by atoms with Gasteiger partial charge in [0.2, 0.25) is 17.7 Å². The second kappa shape index (κ2) is 12.3. The first kappa shape index (κ1) is 27.8. The number of para-hydroxylation sites is 1. The Morgan fingerprint density at radius 2 is 1.54 bits per heavy atom. The summed E-state index contributed by atoms with van der Waals surface area (Å²) in [5.74, 6) is -3.81. The molecule has 0 spiro atoms. The van der Waals surface area contributed by atoms with Gasteiger partial charge in [0.25, 0.3) is 0 Å². The molecule has 4 unspecified atom stereocenters. The zero-order valence-corrected chi connectivity index (χ0v) is 20.4. The maximum Gasteiger partial charge on any atom is 0.326 e. The standard InChI is InChI=1S/C24H35N5O6/c1-12(2)19(25)22(32)29-20(13(3)4)23(33)28-18(11-30)21(31)27-17(24(34)35)9-14-10-26-16-8-6-5-7-15(14)16/h5-8,10,12-13,17-20,26,30H,9,11,25H2,1-4H3,(H,27,31)(H,28,33)(H,29,32)(H,34,35). The monoisotopic (exact) mass is 489 g/mol. The third-order valence-corrected chi connectivity index (χ3v) is 5.80. The lowest BCUT2D eigenvalue weighted by Crippen LogP contribution is -2.59. The molecular weight excluding hydrogens is 454 g/mol. The van der Waals surface area contributed by atoms with Gasteiger partial charge in [-0.1, -0.05) is 45.9 Å². The molecule has 0 radical (unpaired) electrons. The van der Waals surface area contributed by atoms with Crippen molar-refractivity contribution < 1.29 is 29.4 Å². The number of H-pyrrole nitrogens is 1. The van der Waals surface area contributed by atoms with E-state index in [2.05, 4.69) is 20.9 Å². The van der Waals surface area contributed by atoms with Crippen molar-refractivity contribution in [1.82, 2.24) is 20.9 Å². The molecule has 3 amide bonds. The van der Waals surface area contributed by atoms with E-state index in [1.807, 2.05) is 24.3 Å². The lowest BCUT2D eigenvalue weighted by atomic mass is 10.00. The maximum atomic E-state index is 12.8. The number of nitrogens with two attached hydrogens (primary N) is 1. The first-order chi connectivity index (χ1) is 16.5. The number of aliphatic hydroxyl groups is 1. The predicted molar refractivity (Wildman–Crippen MR) is 130 cm³/mol. The Kier molecular flexibility index (Phi) is 9.78. The molecule has 11 nitrogen and oxygen atoms in total. The Hall–Kier alpha value is -3.44. The lowest BCUT2D eigenvalue weighted by molar-refractivity contribution is -0.142. The number of aliphatic hydroxyl groups excluding tert-OH is 1. The number of amides is 3. The van der Waals surface area contributed by atoms with Crippen LogP contribution in [0, 0.1) is 11.8 Å². The fourth-order valence-electron chi connectivity index (χ4n) is 3.54. The number of carboxylic acid groups (broad SMARTS) is 1. The molecule has 0 aliphatic heterocycles. The Morgan fingerprint density at radius 3 is 2.11 bits per heavy atom. The highest BCUT2D eigenvalue weighted by Crippen LogP contribution is 2.19. The van der Waals surface area contributed by atoms with Gasteiger partial charge < -0.3 is 36.9 Å². The Labute approximate surface area is 203 Å². The number of aromatic nitrogens is 1. The summed E-state index contributed by atoms with van der Waals surface area (Å²) in [6.45, 7) is 6.20. The number of carbonyl (C=O) groups excluding carboxylic acids is 3. The van der Waals surface area contributed by atoms with Gasteiger partial charge in [-0.25, -0.2) is 4.79 Å². The van der Waals surface area contributed by atoms with Crippen LogP contribution in [0.4, 0.5) is 0 Å². The van der Waals surface area contributed by atoms with Crippen molar-refractivity contribution in [3.8, 4) is 0 Å². The van der Waals surface area contributed by atoms with Crippen molar-refractivity contribution in [3.05, 3.63) is 36.0 Å². The van der Waals surface area contributed by atoms with Crippen LogP contribution in [0.5, 0.6) is 0 Å². The van der Waals surface area contributed by atoms with E-state index in [-0.39, 0.29) is 18.3 Å². The minimum atomic E-state index is -1.41. The predicted octanol–water partition coefficient (Wildman–Crippen LogP) is -0.119. The average molecular weight is 490 g/mol. The van der Waals surface area contributed by atoms with Crippen LogP contribution in [0.3, 0.4) is 0 Å². The summed E-state index contributed by atoms with van der Waals surface area (Å²) in [5, 5.41) is 27.6. The van der Waals surface area contributed by atoms with E-state index in [9.17, 15) is 29.4 Å². The van der Waals surface area contributed by atoms with E-state index in [4.69, 9.17) is 5.73 Å². The highest BCUT2D eigenvalue weighted by atomic mass is 16.4. The molecule has 0 aliphatic carbocycles. The van der Waals surface area contributed by atoms with Gasteiger partial charge in [0.05, 0.1) is 12.6 Å². The molecule has 2 aromatic rings. The number of aromatic amines is 1. The lowest BCUT2D eigenvalue weighted by Gasteiger charge is -2.27.